The normalized spacial score (nSPS) is 11.5. The summed E-state index contributed by atoms with van der Waals surface area (Å²) in [6.07, 6.45) is 0. The van der Waals surface area contributed by atoms with Crippen LogP contribution in [0.5, 0.6) is 0 Å². The number of anilines is 1. The minimum Gasteiger partial charge on any atom is -0.366 e. The molecule has 124 valence electrons. The fourth-order valence-electron chi connectivity index (χ4n) is 2.54. The molecule has 0 aliphatic rings. The summed E-state index contributed by atoms with van der Waals surface area (Å²) in [6.45, 7) is 9.46. The fourth-order valence-corrected chi connectivity index (χ4v) is 2.54. The lowest BCUT2D eigenvalue weighted by molar-refractivity contribution is 0.560. The maximum atomic E-state index is 4.83. The van der Waals surface area contributed by atoms with Crippen LogP contribution in [0.15, 0.2) is 60.7 Å². The van der Waals surface area contributed by atoms with E-state index in [2.05, 4.69) is 75.5 Å². The van der Waals surface area contributed by atoms with Crippen molar-refractivity contribution in [1.82, 2.24) is 9.78 Å². The molecule has 0 aliphatic heterocycles. The van der Waals surface area contributed by atoms with Crippen LogP contribution in [-0.2, 0) is 12.0 Å². The van der Waals surface area contributed by atoms with Gasteiger partial charge >= 0.3 is 0 Å². The molecular formula is C21H25N3. The standard InChI is InChI=1S/C21H25N3/c1-16-10-12-17(13-11-16)15-22-20-14-19(21(2,3)4)23-24(20)18-8-6-5-7-9-18/h5-14,22H,15H2,1-4H3. The summed E-state index contributed by atoms with van der Waals surface area (Å²) in [6, 6.07) is 21.0. The Kier molecular flexibility index (Phi) is 4.43. The molecule has 0 saturated carbocycles. The zero-order chi connectivity index (χ0) is 17.2. The van der Waals surface area contributed by atoms with Gasteiger partial charge in [0, 0.05) is 18.0 Å². The highest BCUT2D eigenvalue weighted by Gasteiger charge is 2.20. The number of hydrogen-bond donors (Lipinski definition) is 1. The van der Waals surface area contributed by atoms with Crippen molar-refractivity contribution in [3.05, 3.63) is 77.5 Å². The van der Waals surface area contributed by atoms with Gasteiger partial charge < -0.3 is 5.32 Å². The minimum absolute atomic E-state index is 0.0142. The molecule has 0 fully saturated rings. The fraction of sp³-hybridized carbons (Fsp3) is 0.286. The van der Waals surface area contributed by atoms with E-state index in [1.807, 2.05) is 22.9 Å². The molecule has 0 aliphatic carbocycles. The third-order valence-electron chi connectivity index (χ3n) is 4.07. The average Bonchev–Trinajstić information content (AvgIpc) is 3.00. The van der Waals surface area contributed by atoms with E-state index in [4.69, 9.17) is 5.10 Å². The number of nitrogens with one attached hydrogen (secondary N) is 1. The molecule has 1 aromatic heterocycles. The Morgan fingerprint density at radius 3 is 2.25 bits per heavy atom. The van der Waals surface area contributed by atoms with Crippen molar-refractivity contribution >= 4 is 5.82 Å². The molecule has 0 amide bonds. The topological polar surface area (TPSA) is 29.9 Å². The van der Waals surface area contributed by atoms with E-state index >= 15 is 0 Å². The Balaban J connectivity index is 1.90. The Labute approximate surface area is 144 Å². The molecule has 3 nitrogen and oxygen atoms in total. The third-order valence-corrected chi connectivity index (χ3v) is 4.07. The molecule has 1 N–H and O–H groups in total. The Hall–Kier alpha value is -2.55. The Morgan fingerprint density at radius 2 is 1.62 bits per heavy atom. The quantitative estimate of drug-likeness (QED) is 0.726. The van der Waals surface area contributed by atoms with Crippen molar-refractivity contribution < 1.29 is 0 Å². The van der Waals surface area contributed by atoms with Crippen LogP contribution in [0.1, 0.15) is 37.6 Å². The summed E-state index contributed by atoms with van der Waals surface area (Å²) in [5.41, 5.74) is 4.71. The maximum absolute atomic E-state index is 4.83. The summed E-state index contributed by atoms with van der Waals surface area (Å²) in [5.74, 6) is 1.02. The van der Waals surface area contributed by atoms with Gasteiger partial charge in [-0.2, -0.15) is 5.10 Å². The zero-order valence-electron chi connectivity index (χ0n) is 14.9. The number of nitrogens with zero attached hydrogens (tertiary/aromatic N) is 2. The van der Waals surface area contributed by atoms with Crippen LogP contribution >= 0.6 is 0 Å². The molecule has 0 unspecified atom stereocenters. The average molecular weight is 319 g/mol. The second-order valence-electron chi connectivity index (χ2n) is 7.25. The predicted octanol–water partition coefficient (Wildman–Crippen LogP) is 5.09. The van der Waals surface area contributed by atoms with E-state index in [1.54, 1.807) is 0 Å². The second-order valence-corrected chi connectivity index (χ2v) is 7.25. The van der Waals surface area contributed by atoms with Crippen LogP contribution in [0.4, 0.5) is 5.82 Å². The van der Waals surface area contributed by atoms with Crippen LogP contribution in [-0.4, -0.2) is 9.78 Å². The van der Waals surface area contributed by atoms with Gasteiger partial charge in [0.15, 0.2) is 0 Å². The molecule has 1 heterocycles. The van der Waals surface area contributed by atoms with Gasteiger partial charge in [-0.1, -0.05) is 68.8 Å². The number of benzene rings is 2. The van der Waals surface area contributed by atoms with Gasteiger partial charge in [-0.05, 0) is 24.6 Å². The predicted molar refractivity (Wildman–Crippen MR) is 101 cm³/mol. The number of aromatic nitrogens is 2. The van der Waals surface area contributed by atoms with E-state index in [1.165, 1.54) is 11.1 Å². The molecule has 0 radical (unpaired) electrons. The molecule has 2 aromatic carbocycles. The Bertz CT molecular complexity index is 793. The van der Waals surface area contributed by atoms with Gasteiger partial charge in [-0.3, -0.25) is 0 Å². The third kappa shape index (κ3) is 3.67. The summed E-state index contributed by atoms with van der Waals surface area (Å²) in [5, 5.41) is 8.37. The van der Waals surface area contributed by atoms with Crippen LogP contribution in [0.3, 0.4) is 0 Å². The van der Waals surface area contributed by atoms with Crippen molar-refractivity contribution in [3.63, 3.8) is 0 Å². The second kappa shape index (κ2) is 6.52. The van der Waals surface area contributed by atoms with E-state index in [0.717, 1.165) is 23.7 Å². The van der Waals surface area contributed by atoms with Crippen molar-refractivity contribution in [2.24, 2.45) is 0 Å². The first-order valence-corrected chi connectivity index (χ1v) is 8.39. The molecule has 0 saturated heterocycles. The highest BCUT2D eigenvalue weighted by Crippen LogP contribution is 2.26. The van der Waals surface area contributed by atoms with Crippen molar-refractivity contribution in [3.8, 4) is 5.69 Å². The molecule has 3 rings (SSSR count). The van der Waals surface area contributed by atoms with Crippen LogP contribution in [0.25, 0.3) is 5.69 Å². The van der Waals surface area contributed by atoms with Gasteiger partial charge in [0.1, 0.15) is 5.82 Å². The highest BCUT2D eigenvalue weighted by atomic mass is 15.3. The van der Waals surface area contributed by atoms with E-state index in [0.29, 0.717) is 0 Å². The van der Waals surface area contributed by atoms with Gasteiger partial charge in [0.2, 0.25) is 0 Å². The molecule has 24 heavy (non-hydrogen) atoms. The highest BCUT2D eigenvalue weighted by molar-refractivity contribution is 5.47. The smallest absolute Gasteiger partial charge is 0.130 e. The van der Waals surface area contributed by atoms with Gasteiger partial charge in [0.05, 0.1) is 11.4 Å². The summed E-state index contributed by atoms with van der Waals surface area (Å²) in [7, 11) is 0. The molecule has 0 atom stereocenters. The molecule has 0 spiro atoms. The first-order chi connectivity index (χ1) is 11.4. The molecule has 3 aromatic rings. The van der Waals surface area contributed by atoms with Crippen molar-refractivity contribution in [1.29, 1.82) is 0 Å². The first-order valence-electron chi connectivity index (χ1n) is 8.39. The monoisotopic (exact) mass is 319 g/mol. The van der Waals surface area contributed by atoms with Gasteiger partial charge in [-0.25, -0.2) is 4.68 Å². The Morgan fingerprint density at radius 1 is 0.958 bits per heavy atom. The minimum atomic E-state index is 0.0142. The lowest BCUT2D eigenvalue weighted by Crippen LogP contribution is -2.12. The van der Waals surface area contributed by atoms with Crippen LogP contribution < -0.4 is 5.32 Å². The summed E-state index contributed by atoms with van der Waals surface area (Å²) >= 11 is 0. The number of rotatable bonds is 4. The molecular weight excluding hydrogens is 294 g/mol. The number of aryl methyl sites for hydroxylation is 1. The summed E-state index contributed by atoms with van der Waals surface area (Å²) < 4.78 is 1.99. The summed E-state index contributed by atoms with van der Waals surface area (Å²) in [4.78, 5) is 0. The lowest BCUT2D eigenvalue weighted by atomic mass is 9.92. The van der Waals surface area contributed by atoms with Crippen molar-refractivity contribution in [2.45, 2.75) is 39.7 Å². The maximum Gasteiger partial charge on any atom is 0.130 e. The van der Waals surface area contributed by atoms with E-state index in [-0.39, 0.29) is 5.41 Å². The van der Waals surface area contributed by atoms with Crippen LogP contribution in [0, 0.1) is 6.92 Å². The van der Waals surface area contributed by atoms with Crippen LogP contribution in [0.2, 0.25) is 0 Å². The molecule has 0 bridgehead atoms. The molecule has 3 heteroatoms. The number of hydrogen-bond acceptors (Lipinski definition) is 2. The SMILES string of the molecule is Cc1ccc(CNc2cc(C(C)(C)C)nn2-c2ccccc2)cc1. The lowest BCUT2D eigenvalue weighted by Gasteiger charge is -2.14. The van der Waals surface area contributed by atoms with E-state index in [9.17, 15) is 0 Å². The van der Waals surface area contributed by atoms with Crippen molar-refractivity contribution in [2.75, 3.05) is 5.32 Å². The largest absolute Gasteiger partial charge is 0.366 e. The first kappa shape index (κ1) is 16.3. The van der Waals surface area contributed by atoms with E-state index < -0.39 is 0 Å². The number of para-hydroxylation sites is 1. The van der Waals surface area contributed by atoms with Gasteiger partial charge in [0.25, 0.3) is 0 Å². The van der Waals surface area contributed by atoms with Gasteiger partial charge in [-0.15, -0.1) is 0 Å². The zero-order valence-corrected chi connectivity index (χ0v) is 14.9.